The molecule has 0 aliphatic heterocycles. The van der Waals surface area contributed by atoms with Crippen LogP contribution >= 0.6 is 23.2 Å². The summed E-state index contributed by atoms with van der Waals surface area (Å²) in [6.45, 7) is 1.97. The number of nitrogens with one attached hydrogen (secondary N) is 2. The molecule has 2 aromatic heterocycles. The number of amides is 2. The van der Waals surface area contributed by atoms with Gasteiger partial charge in [0.25, 0.3) is 5.56 Å². The highest BCUT2D eigenvalue weighted by Gasteiger charge is 2.17. The van der Waals surface area contributed by atoms with E-state index in [0.717, 1.165) is 0 Å². The number of esters is 2. The van der Waals surface area contributed by atoms with Gasteiger partial charge in [0, 0.05) is 24.5 Å². The summed E-state index contributed by atoms with van der Waals surface area (Å²) in [5, 5.41) is 9.73. The second kappa shape index (κ2) is 12.6. The number of carbonyl (C=O) groups is 3. The van der Waals surface area contributed by atoms with Crippen LogP contribution in [0.4, 0.5) is 16.2 Å². The predicted molar refractivity (Wildman–Crippen MR) is 155 cm³/mol. The molecular formula is C28H23Cl2N5O6. The van der Waals surface area contributed by atoms with E-state index in [1.165, 1.54) is 43.4 Å². The molecule has 0 aliphatic rings. The summed E-state index contributed by atoms with van der Waals surface area (Å²) >= 11 is 12.2. The van der Waals surface area contributed by atoms with Crippen LogP contribution in [0.15, 0.2) is 65.7 Å². The van der Waals surface area contributed by atoms with E-state index in [2.05, 4.69) is 20.7 Å². The smallest absolute Gasteiger partial charge is 0.337 e. The van der Waals surface area contributed by atoms with Crippen LogP contribution in [0.25, 0.3) is 22.4 Å². The van der Waals surface area contributed by atoms with Crippen LogP contribution in [-0.2, 0) is 16.0 Å². The van der Waals surface area contributed by atoms with Crippen molar-refractivity contribution in [3.05, 3.63) is 92.5 Å². The van der Waals surface area contributed by atoms with E-state index in [1.807, 2.05) is 0 Å². The first-order valence-electron chi connectivity index (χ1n) is 12.1. The molecule has 11 nitrogen and oxygen atoms in total. The number of anilines is 2. The van der Waals surface area contributed by atoms with Crippen molar-refractivity contribution in [2.45, 2.75) is 13.5 Å². The van der Waals surface area contributed by atoms with Crippen LogP contribution in [0.1, 0.15) is 27.6 Å². The van der Waals surface area contributed by atoms with Gasteiger partial charge in [-0.05, 0) is 48.4 Å². The zero-order valence-electron chi connectivity index (χ0n) is 22.0. The molecule has 4 rings (SSSR count). The van der Waals surface area contributed by atoms with Gasteiger partial charge in [-0.1, -0.05) is 41.4 Å². The molecule has 0 aliphatic carbocycles. The molecule has 0 atom stereocenters. The molecule has 4 aromatic rings. The monoisotopic (exact) mass is 595 g/mol. The first-order chi connectivity index (χ1) is 19.6. The standard InChI is InChI=1S/C28H23Cl2N5O6/c1-4-35-25(36)23(32-28(39)33-24-20(29)13-31-14-21(24)30)12-22(34-35)16-7-5-6-15(8-16)17-9-18(26(37)40-2)11-19(10-17)27(38)41-3/h5-14H,4H2,1-3H3,(H2,31,32,33,39). The van der Waals surface area contributed by atoms with E-state index in [-0.39, 0.29) is 39.1 Å². The Hall–Kier alpha value is -4.74. The van der Waals surface area contributed by atoms with Crippen molar-refractivity contribution < 1.29 is 23.9 Å². The fourth-order valence-corrected chi connectivity index (χ4v) is 4.37. The minimum absolute atomic E-state index is 0.0401. The molecule has 2 aromatic carbocycles. The first kappa shape index (κ1) is 29.2. The largest absolute Gasteiger partial charge is 0.465 e. The fraction of sp³-hybridized carbons (Fsp3) is 0.143. The minimum Gasteiger partial charge on any atom is -0.465 e. The third kappa shape index (κ3) is 6.53. The lowest BCUT2D eigenvalue weighted by Crippen LogP contribution is -2.29. The van der Waals surface area contributed by atoms with Gasteiger partial charge in [0.2, 0.25) is 0 Å². The highest BCUT2D eigenvalue weighted by atomic mass is 35.5. The number of halogens is 2. The number of methoxy groups -OCH3 is 2. The van der Waals surface area contributed by atoms with Gasteiger partial charge < -0.3 is 20.1 Å². The minimum atomic E-state index is -0.749. The van der Waals surface area contributed by atoms with Crippen LogP contribution < -0.4 is 16.2 Å². The quantitative estimate of drug-likeness (QED) is 0.266. The number of hydrogen-bond donors (Lipinski definition) is 2. The Morgan fingerprint density at radius 2 is 1.46 bits per heavy atom. The van der Waals surface area contributed by atoms with Crippen molar-refractivity contribution in [2.24, 2.45) is 0 Å². The van der Waals surface area contributed by atoms with Crippen LogP contribution in [0.5, 0.6) is 0 Å². The van der Waals surface area contributed by atoms with E-state index in [1.54, 1.807) is 43.3 Å². The Morgan fingerprint density at radius 3 is 2.05 bits per heavy atom. The molecule has 0 spiro atoms. The molecule has 0 saturated heterocycles. The van der Waals surface area contributed by atoms with E-state index < -0.39 is 23.5 Å². The lowest BCUT2D eigenvalue weighted by Gasteiger charge is -2.13. The summed E-state index contributed by atoms with van der Waals surface area (Å²) in [5.41, 5.74) is 2.06. The third-order valence-corrected chi connectivity index (χ3v) is 6.45. The first-order valence-corrected chi connectivity index (χ1v) is 12.8. The molecule has 0 saturated carbocycles. The average molecular weight is 596 g/mol. The number of urea groups is 1. The maximum Gasteiger partial charge on any atom is 0.337 e. The van der Waals surface area contributed by atoms with Gasteiger partial charge in [-0.25, -0.2) is 19.1 Å². The van der Waals surface area contributed by atoms with Crippen molar-refractivity contribution in [2.75, 3.05) is 24.9 Å². The number of benzene rings is 2. The molecule has 13 heteroatoms. The Morgan fingerprint density at radius 1 is 0.854 bits per heavy atom. The summed E-state index contributed by atoms with van der Waals surface area (Å²) in [6.07, 6.45) is 2.64. The Labute approximate surface area is 244 Å². The van der Waals surface area contributed by atoms with Crippen molar-refractivity contribution in [1.82, 2.24) is 14.8 Å². The number of aryl methyl sites for hydroxylation is 1. The molecule has 41 heavy (non-hydrogen) atoms. The van der Waals surface area contributed by atoms with E-state index in [0.29, 0.717) is 22.4 Å². The van der Waals surface area contributed by atoms with Crippen molar-refractivity contribution >= 4 is 52.5 Å². The zero-order valence-corrected chi connectivity index (χ0v) is 23.5. The van der Waals surface area contributed by atoms with Gasteiger partial charge in [0.15, 0.2) is 0 Å². The summed E-state index contributed by atoms with van der Waals surface area (Å²) in [7, 11) is 2.49. The zero-order chi connectivity index (χ0) is 29.7. The van der Waals surface area contributed by atoms with Gasteiger partial charge >= 0.3 is 18.0 Å². The van der Waals surface area contributed by atoms with Gasteiger partial charge in [-0.2, -0.15) is 5.10 Å². The molecule has 2 heterocycles. The van der Waals surface area contributed by atoms with Crippen molar-refractivity contribution in [3.63, 3.8) is 0 Å². The number of ether oxygens (including phenoxy) is 2. The Bertz CT molecular complexity index is 1670. The SMILES string of the molecule is CCn1nc(-c2cccc(-c3cc(C(=O)OC)cc(C(=O)OC)c3)c2)cc(NC(=O)Nc2c(Cl)cncc2Cl)c1=O. The third-order valence-electron chi connectivity index (χ3n) is 5.88. The summed E-state index contributed by atoms with van der Waals surface area (Å²) in [4.78, 5) is 54.1. The van der Waals surface area contributed by atoms with Crippen molar-refractivity contribution in [3.8, 4) is 22.4 Å². The molecule has 2 N–H and O–H groups in total. The maximum absolute atomic E-state index is 13.0. The number of carbonyl (C=O) groups excluding carboxylic acids is 3. The van der Waals surface area contributed by atoms with Gasteiger partial charge in [-0.15, -0.1) is 0 Å². The number of pyridine rings is 1. The number of rotatable bonds is 7. The highest BCUT2D eigenvalue weighted by molar-refractivity contribution is 6.39. The fourth-order valence-electron chi connectivity index (χ4n) is 3.91. The average Bonchev–Trinajstić information content (AvgIpc) is 2.99. The molecule has 210 valence electrons. The molecule has 0 bridgehead atoms. The predicted octanol–water partition coefficient (Wildman–Crippen LogP) is 5.52. The van der Waals surface area contributed by atoms with Gasteiger partial charge in [0.1, 0.15) is 5.69 Å². The molecule has 0 unspecified atom stereocenters. The number of aromatic nitrogens is 3. The highest BCUT2D eigenvalue weighted by Crippen LogP contribution is 2.30. The Balaban J connectivity index is 1.73. The summed E-state index contributed by atoms with van der Waals surface area (Å²) < 4.78 is 10.9. The molecule has 2 amide bonds. The second-order valence-corrected chi connectivity index (χ2v) is 9.30. The van der Waals surface area contributed by atoms with Gasteiger partial charge in [-0.3, -0.25) is 9.78 Å². The summed E-state index contributed by atoms with van der Waals surface area (Å²) in [6, 6.07) is 12.3. The van der Waals surface area contributed by atoms with E-state index >= 15 is 0 Å². The summed E-state index contributed by atoms with van der Waals surface area (Å²) in [5.74, 6) is -1.23. The molecule has 0 fully saturated rings. The topological polar surface area (TPSA) is 142 Å². The van der Waals surface area contributed by atoms with Crippen LogP contribution in [0.2, 0.25) is 10.0 Å². The lowest BCUT2D eigenvalue weighted by molar-refractivity contribution is 0.0599. The van der Waals surface area contributed by atoms with E-state index in [4.69, 9.17) is 32.7 Å². The van der Waals surface area contributed by atoms with Gasteiger partial charge in [0.05, 0.1) is 46.8 Å². The van der Waals surface area contributed by atoms with E-state index in [9.17, 15) is 19.2 Å². The number of hydrogen-bond acceptors (Lipinski definition) is 8. The van der Waals surface area contributed by atoms with Crippen LogP contribution in [0.3, 0.4) is 0 Å². The second-order valence-electron chi connectivity index (χ2n) is 8.48. The molecule has 0 radical (unpaired) electrons. The molecular weight excluding hydrogens is 573 g/mol. The number of nitrogens with zero attached hydrogens (tertiary/aromatic N) is 3. The maximum atomic E-state index is 13.0. The Kier molecular flexibility index (Phi) is 9.00. The van der Waals surface area contributed by atoms with Crippen LogP contribution in [-0.4, -0.2) is 47.0 Å². The lowest BCUT2D eigenvalue weighted by atomic mass is 9.97. The van der Waals surface area contributed by atoms with Crippen molar-refractivity contribution in [1.29, 1.82) is 0 Å². The normalized spacial score (nSPS) is 10.6. The van der Waals surface area contributed by atoms with Crippen LogP contribution in [0, 0.1) is 0 Å².